The Kier molecular flexibility index (Phi) is 15.1. The first-order chi connectivity index (χ1) is 18.3. The van der Waals surface area contributed by atoms with Crippen LogP contribution in [-0.4, -0.2) is 47.0 Å². The molecule has 0 radical (unpaired) electrons. The maximum atomic E-state index is 13.3. The van der Waals surface area contributed by atoms with E-state index in [1.165, 1.54) is 43.9 Å². The van der Waals surface area contributed by atoms with Gasteiger partial charge in [-0.25, -0.2) is 0 Å². The van der Waals surface area contributed by atoms with Crippen LogP contribution in [0.2, 0.25) is 0 Å². The number of thioether (sulfide) groups is 2. The van der Waals surface area contributed by atoms with Crippen molar-refractivity contribution in [1.82, 2.24) is 5.32 Å². The van der Waals surface area contributed by atoms with E-state index in [4.69, 9.17) is 4.74 Å². The van der Waals surface area contributed by atoms with Gasteiger partial charge in [0.2, 0.25) is 0 Å². The topological polar surface area (TPSA) is 78.5 Å². The summed E-state index contributed by atoms with van der Waals surface area (Å²) in [5, 5.41) is 14.8. The molecule has 39 heavy (non-hydrogen) atoms. The van der Waals surface area contributed by atoms with Crippen molar-refractivity contribution >= 4 is 35.4 Å². The van der Waals surface area contributed by atoms with Crippen molar-refractivity contribution in [3.63, 3.8) is 0 Å². The summed E-state index contributed by atoms with van der Waals surface area (Å²) in [5.74, 6) is 0.744. The molecule has 1 amide bonds. The zero-order valence-electron chi connectivity index (χ0n) is 24.2. The number of carboxylic acid groups (broad SMARTS) is 1. The van der Waals surface area contributed by atoms with Gasteiger partial charge in [0.25, 0.3) is 5.91 Å². The number of ether oxygens (including phenoxy) is 1. The standard InChI is InChI=1S/C31H43NO4S2.Li/c1-5-38-29(24-12-7-6-8-13-24)22(3)36-20-23-15-16-26(27(19-23)25-14-10-9-11-21(25)2)30(33)32-28(31(34)35)17-18-37-4;/h9-11,14-16,19,22,24,28-29H,5-8,12-13,17-18,20H2,1-4H3,(H,32,33)(H,34,35);/q;+1/p-1/t22?,28-,29?;/m0./s1. The second-order valence-corrected chi connectivity index (χ2v) is 12.6. The largest absolute Gasteiger partial charge is 1.00 e. The SMILES string of the molecule is CCSC(C1CCCCC1)C(C)OCc1ccc(C(=O)N[C@@H](CCSC)C(=O)[O-])c(-c2ccccc2C)c1.[Li+]. The van der Waals surface area contributed by atoms with Gasteiger partial charge in [0.1, 0.15) is 0 Å². The maximum absolute atomic E-state index is 13.3. The van der Waals surface area contributed by atoms with Crippen LogP contribution >= 0.6 is 23.5 Å². The Balaban J connectivity index is 0.00000533. The van der Waals surface area contributed by atoms with E-state index < -0.39 is 17.9 Å². The van der Waals surface area contributed by atoms with Gasteiger partial charge in [-0.1, -0.05) is 56.5 Å². The summed E-state index contributed by atoms with van der Waals surface area (Å²) in [6.07, 6.45) is 8.91. The van der Waals surface area contributed by atoms with E-state index in [9.17, 15) is 14.7 Å². The van der Waals surface area contributed by atoms with Gasteiger partial charge < -0.3 is 20.0 Å². The fourth-order valence-electron chi connectivity index (χ4n) is 5.33. The Bertz CT molecular complexity index is 1060. The number of aliphatic carboxylic acids is 1. The average molecular weight is 564 g/mol. The van der Waals surface area contributed by atoms with Crippen LogP contribution in [0.1, 0.15) is 73.9 Å². The van der Waals surface area contributed by atoms with Gasteiger partial charge in [0.05, 0.1) is 24.7 Å². The van der Waals surface area contributed by atoms with Gasteiger partial charge in [-0.3, -0.25) is 4.79 Å². The first kappa shape index (κ1) is 33.8. The quantitative estimate of drug-likeness (QED) is 0.356. The van der Waals surface area contributed by atoms with Crippen LogP contribution in [0.15, 0.2) is 42.5 Å². The first-order valence-electron chi connectivity index (χ1n) is 13.8. The van der Waals surface area contributed by atoms with Crippen LogP contribution in [-0.2, 0) is 16.1 Å². The second kappa shape index (κ2) is 17.5. The number of hydrogen-bond donors (Lipinski definition) is 1. The molecule has 0 aromatic heterocycles. The summed E-state index contributed by atoms with van der Waals surface area (Å²) in [5.41, 5.74) is 4.22. The minimum Gasteiger partial charge on any atom is -0.548 e. The Morgan fingerprint density at radius 2 is 1.82 bits per heavy atom. The molecule has 2 aromatic carbocycles. The van der Waals surface area contributed by atoms with Gasteiger partial charge in [0.15, 0.2) is 0 Å². The van der Waals surface area contributed by atoms with Crippen LogP contribution in [0, 0.1) is 12.8 Å². The molecule has 1 fully saturated rings. The minimum atomic E-state index is -1.26. The number of benzene rings is 2. The van der Waals surface area contributed by atoms with Crippen molar-refractivity contribution in [1.29, 1.82) is 0 Å². The zero-order chi connectivity index (χ0) is 27.5. The molecule has 1 saturated carbocycles. The molecule has 5 nitrogen and oxygen atoms in total. The average Bonchev–Trinajstić information content (AvgIpc) is 2.93. The molecule has 1 N–H and O–H groups in total. The molecule has 1 aliphatic rings. The van der Waals surface area contributed by atoms with Crippen LogP contribution in [0.25, 0.3) is 11.1 Å². The maximum Gasteiger partial charge on any atom is 1.00 e. The number of nitrogens with one attached hydrogen (secondary N) is 1. The smallest absolute Gasteiger partial charge is 0.548 e. The molecule has 2 aromatic rings. The van der Waals surface area contributed by atoms with Gasteiger partial charge in [-0.05, 0) is 91.2 Å². The van der Waals surface area contributed by atoms with Crippen molar-refractivity contribution in [2.45, 2.75) is 83.3 Å². The molecule has 0 heterocycles. The zero-order valence-corrected chi connectivity index (χ0v) is 25.8. The first-order valence-corrected chi connectivity index (χ1v) is 16.2. The molecular weight excluding hydrogens is 521 g/mol. The van der Waals surface area contributed by atoms with Crippen molar-refractivity contribution in [3.8, 4) is 11.1 Å². The van der Waals surface area contributed by atoms with Crippen LogP contribution in [0.4, 0.5) is 0 Å². The van der Waals surface area contributed by atoms with Gasteiger partial charge in [0, 0.05) is 10.8 Å². The summed E-state index contributed by atoms with van der Waals surface area (Å²) in [4.78, 5) is 24.9. The third-order valence-corrected chi connectivity index (χ3v) is 9.54. The number of hydrogen-bond acceptors (Lipinski definition) is 6. The predicted molar refractivity (Wildman–Crippen MR) is 159 cm³/mol. The minimum absolute atomic E-state index is 0. The van der Waals surface area contributed by atoms with Crippen LogP contribution in [0.3, 0.4) is 0 Å². The van der Waals surface area contributed by atoms with E-state index >= 15 is 0 Å². The number of carbonyl (C=O) groups is 2. The van der Waals surface area contributed by atoms with Crippen LogP contribution < -0.4 is 29.3 Å². The molecule has 0 saturated heterocycles. The molecule has 3 atom stereocenters. The summed E-state index contributed by atoms with van der Waals surface area (Å²) in [7, 11) is 0. The van der Waals surface area contributed by atoms with Crippen molar-refractivity contribution in [2.75, 3.05) is 17.8 Å². The second-order valence-electron chi connectivity index (χ2n) is 10.2. The fraction of sp³-hybridized carbons (Fsp3) is 0.548. The van der Waals surface area contributed by atoms with E-state index in [0.717, 1.165) is 28.0 Å². The van der Waals surface area contributed by atoms with Gasteiger partial charge >= 0.3 is 18.9 Å². The van der Waals surface area contributed by atoms with Crippen molar-refractivity contribution in [3.05, 3.63) is 59.2 Å². The molecule has 1 aliphatic carbocycles. The Hall–Kier alpha value is -1.36. The summed E-state index contributed by atoms with van der Waals surface area (Å²) in [6.45, 7) is 6.89. The normalized spacial score (nSPS) is 16.1. The van der Waals surface area contributed by atoms with Crippen LogP contribution in [0.5, 0.6) is 0 Å². The Labute approximate surface area is 255 Å². The monoisotopic (exact) mass is 563 g/mol. The number of carbonyl (C=O) groups excluding carboxylic acids is 2. The molecule has 3 rings (SSSR count). The number of amides is 1. The third-order valence-electron chi connectivity index (χ3n) is 7.41. The molecule has 0 aliphatic heterocycles. The molecular formula is C31H42LiNO4S2. The van der Waals surface area contributed by atoms with Gasteiger partial charge in [-0.15, -0.1) is 0 Å². The van der Waals surface area contributed by atoms with Gasteiger partial charge in [-0.2, -0.15) is 23.5 Å². The van der Waals surface area contributed by atoms with E-state index in [1.807, 2.05) is 61.3 Å². The molecule has 208 valence electrons. The van der Waals surface area contributed by atoms with E-state index in [0.29, 0.717) is 35.5 Å². The Morgan fingerprint density at radius 1 is 1.10 bits per heavy atom. The molecule has 2 unspecified atom stereocenters. The number of aryl methyl sites for hydroxylation is 1. The molecule has 8 heteroatoms. The summed E-state index contributed by atoms with van der Waals surface area (Å²) >= 11 is 3.55. The number of carboxylic acids is 1. The summed E-state index contributed by atoms with van der Waals surface area (Å²) in [6, 6.07) is 12.6. The number of rotatable bonds is 14. The van der Waals surface area contributed by atoms with Crippen molar-refractivity contribution in [2.24, 2.45) is 5.92 Å². The summed E-state index contributed by atoms with van der Waals surface area (Å²) < 4.78 is 6.45. The van der Waals surface area contributed by atoms with E-state index in [1.54, 1.807) is 6.07 Å². The van der Waals surface area contributed by atoms with Crippen molar-refractivity contribution < 1.29 is 38.3 Å². The third kappa shape index (κ3) is 9.90. The van der Waals surface area contributed by atoms with E-state index in [-0.39, 0.29) is 25.0 Å². The molecule has 0 spiro atoms. The molecule has 0 bridgehead atoms. The van der Waals surface area contributed by atoms with E-state index in [2.05, 4.69) is 19.2 Å². The Morgan fingerprint density at radius 3 is 2.46 bits per heavy atom. The predicted octanol–water partition coefficient (Wildman–Crippen LogP) is 2.87. The fourth-order valence-corrected chi connectivity index (χ4v) is 7.08.